The summed E-state index contributed by atoms with van der Waals surface area (Å²) in [5.41, 5.74) is 5.05. The molecule has 0 bridgehead atoms. The van der Waals surface area contributed by atoms with E-state index in [0.717, 1.165) is 28.0 Å². The highest BCUT2D eigenvalue weighted by molar-refractivity contribution is 5.96. The summed E-state index contributed by atoms with van der Waals surface area (Å²) in [6.07, 6.45) is 1.11. The number of benzene rings is 5. The molecule has 0 N–H and O–H groups in total. The fraction of sp³-hybridized carbons (Fsp3) is 0.0909. The zero-order valence-corrected chi connectivity index (χ0v) is 19.9. The molecule has 1 atom stereocenters. The molecule has 1 aromatic heterocycles. The van der Waals surface area contributed by atoms with E-state index in [1.165, 1.54) is 16.3 Å². The number of hydrogen-bond donors (Lipinski definition) is 0. The van der Waals surface area contributed by atoms with Gasteiger partial charge in [-0.3, -0.25) is 4.79 Å². The van der Waals surface area contributed by atoms with E-state index >= 15 is 0 Å². The fourth-order valence-corrected chi connectivity index (χ4v) is 5.15. The molecule has 0 aliphatic heterocycles. The van der Waals surface area contributed by atoms with E-state index in [4.69, 9.17) is 4.98 Å². The number of fused-ring (bicyclic) bond motifs is 2. The van der Waals surface area contributed by atoms with Gasteiger partial charge in [-0.25, -0.2) is 4.98 Å². The van der Waals surface area contributed by atoms with Crippen molar-refractivity contribution < 1.29 is 4.79 Å². The van der Waals surface area contributed by atoms with Crippen LogP contribution in [0.5, 0.6) is 0 Å². The molecule has 0 spiro atoms. The van der Waals surface area contributed by atoms with E-state index in [1.807, 2.05) is 54.6 Å². The van der Waals surface area contributed by atoms with Gasteiger partial charge in [-0.1, -0.05) is 115 Å². The standard InChI is InChI=1S/C33H26N2O/c36-32(25-13-3-1-4-14-25)23-22-30(28-19-11-17-24-12-7-8-18-27(24)28)35-31-21-10-9-20-29(31)34-33(35)26-15-5-2-6-16-26/h1-21,30H,22-23H2. The van der Waals surface area contributed by atoms with Crippen LogP contribution in [0.15, 0.2) is 127 Å². The Morgan fingerprint density at radius 3 is 2.19 bits per heavy atom. The molecule has 5 aromatic carbocycles. The molecule has 0 saturated heterocycles. The summed E-state index contributed by atoms with van der Waals surface area (Å²) < 4.78 is 2.34. The second-order valence-corrected chi connectivity index (χ2v) is 9.07. The summed E-state index contributed by atoms with van der Waals surface area (Å²) in [6.45, 7) is 0. The molecule has 0 saturated carbocycles. The van der Waals surface area contributed by atoms with Gasteiger partial charge in [0.15, 0.2) is 5.78 Å². The highest BCUT2D eigenvalue weighted by Crippen LogP contribution is 2.37. The average Bonchev–Trinajstić information content (AvgIpc) is 3.33. The van der Waals surface area contributed by atoms with Crippen LogP contribution in [0.4, 0.5) is 0 Å². The van der Waals surface area contributed by atoms with Crippen molar-refractivity contribution in [2.75, 3.05) is 0 Å². The van der Waals surface area contributed by atoms with Gasteiger partial charge < -0.3 is 4.57 Å². The summed E-state index contributed by atoms with van der Waals surface area (Å²) in [5.74, 6) is 1.08. The van der Waals surface area contributed by atoms with Crippen LogP contribution in [-0.2, 0) is 0 Å². The molecule has 3 nitrogen and oxygen atoms in total. The Balaban J connectivity index is 1.54. The Bertz CT molecular complexity index is 1650. The van der Waals surface area contributed by atoms with Crippen molar-refractivity contribution in [2.45, 2.75) is 18.9 Å². The van der Waals surface area contributed by atoms with Crippen molar-refractivity contribution in [2.24, 2.45) is 0 Å². The lowest BCUT2D eigenvalue weighted by molar-refractivity contribution is 0.0976. The summed E-state index contributed by atoms with van der Waals surface area (Å²) >= 11 is 0. The van der Waals surface area contributed by atoms with Crippen molar-refractivity contribution in [1.82, 2.24) is 9.55 Å². The van der Waals surface area contributed by atoms with Crippen LogP contribution in [0, 0.1) is 0 Å². The van der Waals surface area contributed by atoms with E-state index in [1.54, 1.807) is 0 Å². The maximum atomic E-state index is 13.2. The first kappa shape index (κ1) is 22.0. The maximum absolute atomic E-state index is 13.2. The third-order valence-corrected chi connectivity index (χ3v) is 6.86. The van der Waals surface area contributed by atoms with Crippen LogP contribution in [0.3, 0.4) is 0 Å². The van der Waals surface area contributed by atoms with E-state index in [9.17, 15) is 4.79 Å². The summed E-state index contributed by atoms with van der Waals surface area (Å²) in [4.78, 5) is 18.3. The number of carbonyl (C=O) groups excluding carboxylic acids is 1. The molecule has 0 amide bonds. The predicted molar refractivity (Wildman–Crippen MR) is 147 cm³/mol. The van der Waals surface area contributed by atoms with Crippen molar-refractivity contribution >= 4 is 27.6 Å². The summed E-state index contributed by atoms with van der Waals surface area (Å²) in [6, 6.07) is 43.1. The van der Waals surface area contributed by atoms with Crippen LogP contribution in [-0.4, -0.2) is 15.3 Å². The average molecular weight is 467 g/mol. The van der Waals surface area contributed by atoms with Crippen molar-refractivity contribution in [1.29, 1.82) is 0 Å². The predicted octanol–water partition coefficient (Wildman–Crippen LogP) is 8.11. The topological polar surface area (TPSA) is 34.9 Å². The Morgan fingerprint density at radius 2 is 1.36 bits per heavy atom. The number of imidazole rings is 1. The number of aromatic nitrogens is 2. The quantitative estimate of drug-likeness (QED) is 0.223. The molecule has 0 aliphatic carbocycles. The van der Waals surface area contributed by atoms with E-state index in [0.29, 0.717) is 12.8 Å². The molecular formula is C33H26N2O. The van der Waals surface area contributed by atoms with Gasteiger partial charge in [-0.2, -0.15) is 0 Å². The van der Waals surface area contributed by atoms with Gasteiger partial charge in [-0.15, -0.1) is 0 Å². The van der Waals surface area contributed by atoms with Crippen LogP contribution in [0.1, 0.15) is 34.8 Å². The largest absolute Gasteiger partial charge is 0.316 e. The Morgan fingerprint density at radius 1 is 0.694 bits per heavy atom. The molecule has 3 heteroatoms. The molecule has 0 radical (unpaired) electrons. The highest BCUT2D eigenvalue weighted by atomic mass is 16.1. The van der Waals surface area contributed by atoms with Gasteiger partial charge in [0, 0.05) is 17.5 Å². The minimum Gasteiger partial charge on any atom is -0.316 e. The monoisotopic (exact) mass is 466 g/mol. The number of nitrogens with zero attached hydrogens (tertiary/aromatic N) is 2. The van der Waals surface area contributed by atoms with Gasteiger partial charge in [0.2, 0.25) is 0 Å². The van der Waals surface area contributed by atoms with E-state index in [2.05, 4.69) is 77.4 Å². The van der Waals surface area contributed by atoms with Crippen LogP contribution in [0.25, 0.3) is 33.2 Å². The second-order valence-electron chi connectivity index (χ2n) is 9.07. The zero-order valence-electron chi connectivity index (χ0n) is 19.9. The van der Waals surface area contributed by atoms with Gasteiger partial charge in [0.25, 0.3) is 0 Å². The molecule has 1 heterocycles. The lowest BCUT2D eigenvalue weighted by Crippen LogP contribution is -2.15. The molecule has 0 aliphatic rings. The van der Waals surface area contributed by atoms with E-state index in [-0.39, 0.29) is 11.8 Å². The first-order chi connectivity index (χ1) is 17.8. The fourth-order valence-electron chi connectivity index (χ4n) is 5.15. The number of hydrogen-bond acceptors (Lipinski definition) is 2. The van der Waals surface area contributed by atoms with Gasteiger partial charge >= 0.3 is 0 Å². The molecule has 0 fully saturated rings. The van der Waals surface area contributed by atoms with Crippen LogP contribution in [0.2, 0.25) is 0 Å². The molecule has 1 unspecified atom stereocenters. The third-order valence-electron chi connectivity index (χ3n) is 6.86. The second kappa shape index (κ2) is 9.63. The molecule has 174 valence electrons. The Kier molecular flexibility index (Phi) is 5.88. The number of ketones is 1. The lowest BCUT2D eigenvalue weighted by Gasteiger charge is -2.24. The Labute approximate surface area is 210 Å². The van der Waals surface area contributed by atoms with Gasteiger partial charge in [0.1, 0.15) is 5.82 Å². The van der Waals surface area contributed by atoms with Crippen molar-refractivity contribution in [3.63, 3.8) is 0 Å². The first-order valence-corrected chi connectivity index (χ1v) is 12.4. The highest BCUT2D eigenvalue weighted by Gasteiger charge is 2.24. The molecule has 36 heavy (non-hydrogen) atoms. The molecule has 6 rings (SSSR count). The Hall–Kier alpha value is -4.50. The number of Topliss-reactive ketones (excluding diaryl/α,β-unsaturated/α-hetero) is 1. The lowest BCUT2D eigenvalue weighted by atomic mass is 9.93. The van der Waals surface area contributed by atoms with Crippen molar-refractivity contribution in [3.05, 3.63) is 139 Å². The third kappa shape index (κ3) is 4.09. The summed E-state index contributed by atoms with van der Waals surface area (Å²) in [7, 11) is 0. The smallest absolute Gasteiger partial charge is 0.162 e. The van der Waals surface area contributed by atoms with E-state index < -0.39 is 0 Å². The normalized spacial score (nSPS) is 12.1. The SMILES string of the molecule is O=C(CCC(c1cccc2ccccc12)n1c(-c2ccccc2)nc2ccccc21)c1ccccc1. The van der Waals surface area contributed by atoms with Crippen LogP contribution < -0.4 is 0 Å². The number of carbonyl (C=O) groups is 1. The van der Waals surface area contributed by atoms with Gasteiger partial charge in [-0.05, 0) is 34.9 Å². The van der Waals surface area contributed by atoms with Gasteiger partial charge in [0.05, 0.1) is 17.1 Å². The van der Waals surface area contributed by atoms with Crippen LogP contribution >= 0.6 is 0 Å². The first-order valence-electron chi connectivity index (χ1n) is 12.4. The molecular weight excluding hydrogens is 440 g/mol. The maximum Gasteiger partial charge on any atom is 0.162 e. The molecule has 6 aromatic rings. The number of rotatable bonds is 7. The minimum absolute atomic E-state index is 0.0635. The van der Waals surface area contributed by atoms with Crippen molar-refractivity contribution in [3.8, 4) is 11.4 Å². The summed E-state index contributed by atoms with van der Waals surface area (Å²) in [5, 5.41) is 2.40. The zero-order chi connectivity index (χ0) is 24.3. The minimum atomic E-state index is -0.0635. The number of para-hydroxylation sites is 2.